The first-order valence-corrected chi connectivity index (χ1v) is 23.5. The van der Waals surface area contributed by atoms with Gasteiger partial charge in [0, 0.05) is 49.8 Å². The van der Waals surface area contributed by atoms with Crippen molar-refractivity contribution >= 4 is 65.6 Å². The Bertz CT molecular complexity index is 4110. The highest BCUT2D eigenvalue weighted by Crippen LogP contribution is 2.41. The lowest BCUT2D eigenvalue weighted by Crippen LogP contribution is -1.96. The van der Waals surface area contributed by atoms with Gasteiger partial charge in [0.2, 0.25) is 0 Å². The second-order valence-corrected chi connectivity index (χ2v) is 18.0. The van der Waals surface area contributed by atoms with E-state index in [9.17, 15) is 0 Å². The summed E-state index contributed by atoms with van der Waals surface area (Å²) in [6, 6.07) is 85.4. The van der Waals surface area contributed by atoms with Gasteiger partial charge in [0.15, 0.2) is 0 Å². The molecule has 69 heavy (non-hydrogen) atoms. The van der Waals surface area contributed by atoms with Gasteiger partial charge in [-0.05, 0) is 135 Å². The first kappa shape index (κ1) is 39.0. The van der Waals surface area contributed by atoms with Gasteiger partial charge in [0.25, 0.3) is 0 Å². The van der Waals surface area contributed by atoms with E-state index in [4.69, 9.17) is 9.40 Å². The van der Waals surface area contributed by atoms with Gasteiger partial charge in [-0.1, -0.05) is 152 Å². The lowest BCUT2D eigenvalue weighted by atomic mass is 9.96. The third-order valence-electron chi connectivity index (χ3n) is 14.0. The van der Waals surface area contributed by atoms with Crippen molar-refractivity contribution in [3.05, 3.63) is 249 Å². The Morgan fingerprint density at radius 3 is 1.26 bits per heavy atom. The fourth-order valence-corrected chi connectivity index (χ4v) is 10.7. The molecule has 0 amide bonds. The van der Waals surface area contributed by atoms with E-state index in [1.807, 2.05) is 12.4 Å². The Balaban J connectivity index is 0.907. The zero-order valence-electron chi connectivity index (χ0n) is 37.4. The van der Waals surface area contributed by atoms with Crippen molar-refractivity contribution in [2.24, 2.45) is 0 Å². The first-order chi connectivity index (χ1) is 34.2. The summed E-state index contributed by atoms with van der Waals surface area (Å²) in [7, 11) is 0. The molecule has 0 bridgehead atoms. The van der Waals surface area contributed by atoms with Crippen LogP contribution in [0.25, 0.3) is 133 Å². The molecule has 0 unspecified atom stereocenters. The standard InChI is InChI=1S/C65H41N3O/c1-3-13-42(14-4-1)44-17-11-19-46(33-44)48-25-29-62-56(36-48)57-37-49(47-20-12-18-45(34-47)43-15-5-2-6-16-43)26-30-63(57)68(62)53-35-51(40-66-41-53)50-27-31-64-58(38-50)59-39-52(28-32-65(59)69-64)67-60-23-9-7-21-54(60)55-22-8-10-24-61(55)67/h1-41H. The van der Waals surface area contributed by atoms with Gasteiger partial charge in [-0.3, -0.25) is 4.98 Å². The van der Waals surface area contributed by atoms with Gasteiger partial charge in [-0.25, -0.2) is 0 Å². The molecular formula is C65H41N3O. The molecule has 14 rings (SSSR count). The zero-order chi connectivity index (χ0) is 45.4. The minimum absolute atomic E-state index is 0.856. The van der Waals surface area contributed by atoms with E-state index in [1.54, 1.807) is 0 Å². The second kappa shape index (κ2) is 15.7. The zero-order valence-corrected chi connectivity index (χ0v) is 37.4. The van der Waals surface area contributed by atoms with Crippen molar-refractivity contribution in [2.75, 3.05) is 0 Å². The van der Waals surface area contributed by atoms with E-state index in [0.717, 1.165) is 55.5 Å². The predicted molar refractivity (Wildman–Crippen MR) is 287 cm³/mol. The van der Waals surface area contributed by atoms with Crippen molar-refractivity contribution in [1.82, 2.24) is 14.1 Å². The molecule has 0 radical (unpaired) electrons. The minimum Gasteiger partial charge on any atom is -0.456 e. The summed E-state index contributed by atoms with van der Waals surface area (Å²) in [6.45, 7) is 0. The van der Waals surface area contributed by atoms with E-state index in [1.165, 1.54) is 77.1 Å². The quantitative estimate of drug-likeness (QED) is 0.160. The lowest BCUT2D eigenvalue weighted by molar-refractivity contribution is 0.669. The van der Waals surface area contributed by atoms with Crippen molar-refractivity contribution in [1.29, 1.82) is 0 Å². The predicted octanol–water partition coefficient (Wildman–Crippen LogP) is 17.5. The summed E-state index contributed by atoms with van der Waals surface area (Å²) < 4.78 is 11.2. The maximum Gasteiger partial charge on any atom is 0.135 e. The van der Waals surface area contributed by atoms with Crippen LogP contribution in [0.1, 0.15) is 0 Å². The SMILES string of the molecule is c1ccc(-c2cccc(-c3ccc4c(c3)c3cc(-c5cccc(-c6ccccc6)c5)ccc3n4-c3cncc(-c4ccc5oc6ccc(-n7c8ccccc8c8ccccc87)cc6c5c4)c3)c2)cc1. The van der Waals surface area contributed by atoms with Crippen LogP contribution in [0.3, 0.4) is 0 Å². The summed E-state index contributed by atoms with van der Waals surface area (Å²) in [6.07, 6.45) is 3.96. The van der Waals surface area contributed by atoms with E-state index in [2.05, 4.69) is 246 Å². The average Bonchev–Trinajstić information content (AvgIpc) is 4.08. The third-order valence-corrected chi connectivity index (χ3v) is 14.0. The monoisotopic (exact) mass is 879 g/mol. The molecule has 0 N–H and O–H groups in total. The van der Waals surface area contributed by atoms with Crippen LogP contribution < -0.4 is 0 Å². The molecular weight excluding hydrogens is 839 g/mol. The second-order valence-electron chi connectivity index (χ2n) is 18.0. The largest absolute Gasteiger partial charge is 0.456 e. The highest BCUT2D eigenvalue weighted by molar-refractivity contribution is 6.13. The molecule has 0 saturated heterocycles. The number of aromatic nitrogens is 3. The van der Waals surface area contributed by atoms with Gasteiger partial charge in [0.05, 0.1) is 34.0 Å². The summed E-state index contributed by atoms with van der Waals surface area (Å²) >= 11 is 0. The Morgan fingerprint density at radius 1 is 0.246 bits per heavy atom. The third kappa shape index (κ3) is 6.49. The molecule has 0 saturated carbocycles. The number of para-hydroxylation sites is 2. The topological polar surface area (TPSA) is 35.9 Å². The molecule has 0 aliphatic carbocycles. The smallest absolute Gasteiger partial charge is 0.135 e. The molecule has 0 aliphatic rings. The number of nitrogens with zero attached hydrogens (tertiary/aromatic N) is 3. The normalized spacial score (nSPS) is 11.8. The Labute approximate surface area is 398 Å². The molecule has 14 aromatic rings. The molecule has 10 aromatic carbocycles. The molecule has 4 nitrogen and oxygen atoms in total. The number of hydrogen-bond donors (Lipinski definition) is 0. The fraction of sp³-hybridized carbons (Fsp3) is 0. The molecule has 4 aromatic heterocycles. The number of fused-ring (bicyclic) bond motifs is 9. The average molecular weight is 880 g/mol. The molecule has 0 spiro atoms. The summed E-state index contributed by atoms with van der Waals surface area (Å²) in [5.41, 5.74) is 20.0. The van der Waals surface area contributed by atoms with Crippen LogP contribution in [0.4, 0.5) is 0 Å². The number of rotatable bonds is 7. The Hall–Kier alpha value is -9.25. The van der Waals surface area contributed by atoms with Crippen molar-refractivity contribution < 1.29 is 4.42 Å². The highest BCUT2D eigenvalue weighted by atomic mass is 16.3. The maximum absolute atomic E-state index is 6.48. The van der Waals surface area contributed by atoms with Crippen LogP contribution in [0, 0.1) is 0 Å². The first-order valence-electron chi connectivity index (χ1n) is 23.5. The van der Waals surface area contributed by atoms with Crippen molar-refractivity contribution in [2.45, 2.75) is 0 Å². The molecule has 0 aliphatic heterocycles. The van der Waals surface area contributed by atoms with Crippen molar-refractivity contribution in [3.8, 4) is 67.0 Å². The number of hydrogen-bond acceptors (Lipinski definition) is 2. The van der Waals surface area contributed by atoms with E-state index >= 15 is 0 Å². The summed E-state index contributed by atoms with van der Waals surface area (Å²) in [5.74, 6) is 0. The number of pyridine rings is 1. The van der Waals surface area contributed by atoms with Crippen LogP contribution in [0.2, 0.25) is 0 Å². The minimum atomic E-state index is 0.856. The summed E-state index contributed by atoms with van der Waals surface area (Å²) in [4.78, 5) is 4.93. The highest BCUT2D eigenvalue weighted by Gasteiger charge is 2.18. The van der Waals surface area contributed by atoms with Gasteiger partial charge in [-0.2, -0.15) is 0 Å². The summed E-state index contributed by atoms with van der Waals surface area (Å²) in [5, 5.41) is 7.00. The Kier molecular flexibility index (Phi) is 8.86. The van der Waals surface area contributed by atoms with Crippen LogP contribution in [-0.2, 0) is 0 Å². The molecule has 322 valence electrons. The van der Waals surface area contributed by atoms with Crippen molar-refractivity contribution in [3.63, 3.8) is 0 Å². The van der Waals surface area contributed by atoms with Gasteiger partial charge in [0.1, 0.15) is 11.2 Å². The van der Waals surface area contributed by atoms with E-state index in [0.29, 0.717) is 0 Å². The van der Waals surface area contributed by atoms with Crippen LogP contribution in [0.15, 0.2) is 253 Å². The van der Waals surface area contributed by atoms with Crippen LogP contribution >= 0.6 is 0 Å². The maximum atomic E-state index is 6.48. The van der Waals surface area contributed by atoms with Gasteiger partial charge in [-0.15, -0.1) is 0 Å². The van der Waals surface area contributed by atoms with Crippen LogP contribution in [-0.4, -0.2) is 14.1 Å². The molecule has 0 fully saturated rings. The number of furan rings is 1. The molecule has 0 atom stereocenters. The van der Waals surface area contributed by atoms with Crippen LogP contribution in [0.5, 0.6) is 0 Å². The lowest BCUT2D eigenvalue weighted by Gasteiger charge is -2.11. The van der Waals surface area contributed by atoms with E-state index in [-0.39, 0.29) is 0 Å². The van der Waals surface area contributed by atoms with Gasteiger partial charge < -0.3 is 13.6 Å². The molecule has 4 heterocycles. The molecule has 4 heteroatoms. The van der Waals surface area contributed by atoms with Gasteiger partial charge >= 0.3 is 0 Å². The number of benzene rings is 10. The fourth-order valence-electron chi connectivity index (χ4n) is 10.7. The van der Waals surface area contributed by atoms with E-state index < -0.39 is 0 Å². The Morgan fingerprint density at radius 2 is 0.667 bits per heavy atom.